The highest BCUT2D eigenvalue weighted by Crippen LogP contribution is 2.73. The van der Waals surface area contributed by atoms with Gasteiger partial charge in [-0.1, -0.05) is 152 Å². The number of carbonyl (C=O) groups is 5. The fourth-order valence-electron chi connectivity index (χ4n) is 25.8. The van der Waals surface area contributed by atoms with Gasteiger partial charge in [-0.3, -0.25) is 24.0 Å². The normalized spacial score (nSPS) is 40.1. The van der Waals surface area contributed by atoms with Gasteiger partial charge in [0, 0.05) is 23.7 Å². The van der Waals surface area contributed by atoms with Gasteiger partial charge in [-0.2, -0.15) is 0 Å². The fraction of sp³-hybridized carbons (Fsp3) is 0.949. The number of ether oxygens (including phenoxy) is 5. The molecule has 15 aliphatic carbocycles. The van der Waals surface area contributed by atoms with E-state index in [1.54, 1.807) is 0 Å². The molecule has 15 aliphatic rings. The number of hydrogen-bond donors (Lipinski definition) is 0. The van der Waals surface area contributed by atoms with Crippen molar-refractivity contribution in [1.82, 2.24) is 0 Å². The van der Waals surface area contributed by atoms with Crippen molar-refractivity contribution >= 4 is 29.8 Å². The van der Waals surface area contributed by atoms with Crippen LogP contribution in [0.25, 0.3) is 0 Å². The summed E-state index contributed by atoms with van der Waals surface area (Å²) in [6.07, 6.45) is 43.5. The molecule has 108 heavy (non-hydrogen) atoms. The molecule has 0 amide bonds. The van der Waals surface area contributed by atoms with Crippen LogP contribution in [0.5, 0.6) is 0 Å². The molecule has 25 unspecified atom stereocenters. The molecule has 0 aromatic heterocycles. The van der Waals surface area contributed by atoms with E-state index in [1.165, 1.54) is 148 Å². The van der Waals surface area contributed by atoms with Crippen LogP contribution in [0.3, 0.4) is 0 Å². The molecule has 10 bridgehead atoms. The van der Waals surface area contributed by atoms with Crippen molar-refractivity contribution in [2.45, 2.75) is 451 Å². The van der Waals surface area contributed by atoms with Crippen molar-refractivity contribution < 1.29 is 47.7 Å². The molecule has 0 radical (unpaired) electrons. The van der Waals surface area contributed by atoms with Crippen LogP contribution in [0, 0.1) is 145 Å². The van der Waals surface area contributed by atoms with Gasteiger partial charge < -0.3 is 23.7 Å². The van der Waals surface area contributed by atoms with Crippen molar-refractivity contribution in [2.75, 3.05) is 0 Å². The minimum atomic E-state index is -0.343. The third kappa shape index (κ3) is 19.2. The minimum Gasteiger partial charge on any atom is -0.459 e. The lowest BCUT2D eigenvalue weighted by Crippen LogP contribution is -2.49. The SMILES string of the molecule is C.C.C.C.C.C.C.C.CCC(C)(C)C(=O)OC1(C)CC2CC1C1C3CCC(C3)C21.CCC(C)(C)C(=O)OC1(C)CC2CC1C1CCCC21.CCC(C)(C)C(=O)OC1(C)CCC2CCCCC2C1.CCC(C)(C)C(=O)OC1(C)CCCC2CCCCC21.CCC(C)(C)C(=O)OC1(CC)CC2CC1C1C3CCC(C3)C21. The molecule has 634 valence electrons. The molecule has 0 N–H and O–H groups in total. The smallest absolute Gasteiger partial charge is 0.312 e. The molecular weight excluding hydrogens is 1340 g/mol. The zero-order chi connectivity index (χ0) is 72.7. The first-order chi connectivity index (χ1) is 46.9. The highest BCUT2D eigenvalue weighted by molar-refractivity contribution is 5.78. The lowest BCUT2D eigenvalue weighted by Gasteiger charge is -2.48. The highest BCUT2D eigenvalue weighted by atomic mass is 16.6. The molecular formula is C98H182O10. The van der Waals surface area contributed by atoms with Gasteiger partial charge in [0.25, 0.3) is 0 Å². The Hall–Kier alpha value is -2.65. The van der Waals surface area contributed by atoms with E-state index in [1.807, 2.05) is 69.2 Å². The summed E-state index contributed by atoms with van der Waals surface area (Å²) in [7, 11) is 0. The van der Waals surface area contributed by atoms with Gasteiger partial charge in [0.15, 0.2) is 0 Å². The van der Waals surface area contributed by atoms with Crippen LogP contribution < -0.4 is 0 Å². The second-order valence-corrected chi connectivity index (χ2v) is 41.7. The van der Waals surface area contributed by atoms with Gasteiger partial charge in [0.05, 0.1) is 27.1 Å². The third-order valence-corrected chi connectivity index (χ3v) is 33.9. The predicted octanol–water partition coefficient (Wildman–Crippen LogP) is 27.9. The van der Waals surface area contributed by atoms with E-state index in [0.29, 0.717) is 23.7 Å². The first-order valence-electron chi connectivity index (χ1n) is 43.1. The molecule has 10 nitrogen and oxygen atoms in total. The fourth-order valence-corrected chi connectivity index (χ4v) is 25.8. The van der Waals surface area contributed by atoms with Gasteiger partial charge in [-0.05, 0) is 365 Å². The van der Waals surface area contributed by atoms with Crippen LogP contribution in [-0.4, -0.2) is 57.9 Å². The quantitative estimate of drug-likeness (QED) is 0.0836. The van der Waals surface area contributed by atoms with Gasteiger partial charge >= 0.3 is 29.8 Å². The van der Waals surface area contributed by atoms with Gasteiger partial charge in [-0.15, -0.1) is 0 Å². The Morgan fingerprint density at radius 3 is 1.15 bits per heavy atom. The molecule has 0 aromatic carbocycles. The maximum Gasteiger partial charge on any atom is 0.312 e. The summed E-state index contributed by atoms with van der Waals surface area (Å²) in [6, 6.07) is 0. The minimum absolute atomic E-state index is 0. The van der Waals surface area contributed by atoms with Crippen molar-refractivity contribution in [3.05, 3.63) is 0 Å². The Labute approximate surface area is 669 Å². The van der Waals surface area contributed by atoms with Gasteiger partial charge in [0.2, 0.25) is 0 Å². The largest absolute Gasteiger partial charge is 0.459 e. The zero-order valence-corrected chi connectivity index (χ0v) is 67.9. The molecule has 15 fully saturated rings. The van der Waals surface area contributed by atoms with E-state index >= 15 is 0 Å². The second kappa shape index (κ2) is 37.5. The van der Waals surface area contributed by atoms with E-state index in [-0.39, 0.29) is 144 Å². The Morgan fingerprint density at radius 2 is 0.657 bits per heavy atom. The first kappa shape index (κ1) is 99.5. The second-order valence-electron chi connectivity index (χ2n) is 41.7. The van der Waals surface area contributed by atoms with Gasteiger partial charge in [0.1, 0.15) is 28.0 Å². The monoisotopic (exact) mass is 1520 g/mol. The van der Waals surface area contributed by atoms with Crippen LogP contribution in [0.15, 0.2) is 0 Å². The van der Waals surface area contributed by atoms with Crippen molar-refractivity contribution in [3.63, 3.8) is 0 Å². The third-order valence-electron chi connectivity index (χ3n) is 33.9. The number of hydrogen-bond acceptors (Lipinski definition) is 10. The highest BCUT2D eigenvalue weighted by Gasteiger charge is 2.70. The predicted molar refractivity (Wildman–Crippen MR) is 455 cm³/mol. The number of fused-ring (bicyclic) bond motifs is 25. The van der Waals surface area contributed by atoms with Crippen LogP contribution in [0.1, 0.15) is 423 Å². The summed E-state index contributed by atoms with van der Waals surface area (Å²) in [5, 5.41) is 0. The van der Waals surface area contributed by atoms with E-state index in [0.717, 1.165) is 172 Å². The molecule has 15 saturated carbocycles. The number of carbonyl (C=O) groups excluding carboxylic acids is 5. The van der Waals surface area contributed by atoms with E-state index < -0.39 is 0 Å². The van der Waals surface area contributed by atoms with E-state index in [2.05, 4.69) is 69.2 Å². The molecule has 0 heterocycles. The number of esters is 5. The summed E-state index contributed by atoms with van der Waals surface area (Å²) in [5.41, 5.74) is -2.55. The first-order valence-corrected chi connectivity index (χ1v) is 43.1. The summed E-state index contributed by atoms with van der Waals surface area (Å²) in [4.78, 5) is 62.4. The molecule has 10 heteroatoms. The van der Waals surface area contributed by atoms with Crippen LogP contribution in [-0.2, 0) is 47.7 Å². The van der Waals surface area contributed by atoms with Crippen molar-refractivity contribution in [2.24, 2.45) is 145 Å². The van der Waals surface area contributed by atoms with Crippen LogP contribution in [0.4, 0.5) is 0 Å². The average molecular weight is 1520 g/mol. The summed E-state index contributed by atoms with van der Waals surface area (Å²) in [6.45, 7) is 41.5. The van der Waals surface area contributed by atoms with Crippen LogP contribution in [0.2, 0.25) is 0 Å². The van der Waals surface area contributed by atoms with E-state index in [4.69, 9.17) is 23.7 Å². The summed E-state index contributed by atoms with van der Waals surface area (Å²) >= 11 is 0. The zero-order valence-electron chi connectivity index (χ0n) is 67.9. The topological polar surface area (TPSA) is 132 Å². The Morgan fingerprint density at radius 1 is 0.287 bits per heavy atom. The maximum absolute atomic E-state index is 12.7. The van der Waals surface area contributed by atoms with E-state index in [9.17, 15) is 24.0 Å². The molecule has 15 rings (SSSR count). The number of rotatable bonds is 16. The molecule has 25 atom stereocenters. The molecule has 0 spiro atoms. The standard InChI is InChI=1S/C20H32O2.C19H30O2.C17H28O2.2C17H30O2.8CH4/c1-5-19(3,4)18(21)22-20(6-2)11-14-10-15(20)17-13-8-7-12(9-13)16(14)17;1-5-18(2,3)17(20)21-19(4)10-13-9-14(19)16-12-7-6-11(8-12)15(13)16;1-5-16(2,3)15(18)19-17(4)10-11-9-14(17)13-8-6-7-12(11)13;1-5-16(2,3)15(18)19-17(4)12-8-10-13-9-6-7-11-14(13)17;1-5-16(2,3)15(18)19-17(4)11-10-13-8-6-7-9-14(13)12-17;;;;;;;;/h12-17H,5-11H2,1-4H3;11-16H,5-10H2,1-4H3;11-14H,5-10H2,1-4H3;2*13-14H,5-12H2,1-4H3;8*1H4. The molecule has 0 aliphatic heterocycles. The van der Waals surface area contributed by atoms with Crippen LogP contribution >= 0.6 is 0 Å². The summed E-state index contributed by atoms with van der Waals surface area (Å²) in [5.74, 6) is 17.1. The lowest BCUT2D eigenvalue weighted by atomic mass is 9.63. The Kier molecular flexibility index (Phi) is 34.6. The Balaban J connectivity index is 0.000000344. The average Bonchev–Trinajstić information content (AvgIpc) is 1.54. The lowest BCUT2D eigenvalue weighted by molar-refractivity contribution is -0.185. The van der Waals surface area contributed by atoms with Crippen molar-refractivity contribution in [1.29, 1.82) is 0 Å². The Bertz CT molecular complexity index is 2880. The van der Waals surface area contributed by atoms with Gasteiger partial charge in [-0.25, -0.2) is 0 Å². The summed E-state index contributed by atoms with van der Waals surface area (Å²) < 4.78 is 30.5. The molecule has 0 aromatic rings. The molecule has 0 saturated heterocycles. The van der Waals surface area contributed by atoms with Crippen molar-refractivity contribution in [3.8, 4) is 0 Å². The maximum atomic E-state index is 12.7.